The lowest BCUT2D eigenvalue weighted by atomic mass is 10.1. The Balaban J connectivity index is 2.71. The van der Waals surface area contributed by atoms with Crippen molar-refractivity contribution in [3.8, 4) is 0 Å². The lowest BCUT2D eigenvalue weighted by Crippen LogP contribution is -2.28. The van der Waals surface area contributed by atoms with Gasteiger partial charge in [0.25, 0.3) is 0 Å². The summed E-state index contributed by atoms with van der Waals surface area (Å²) in [5.41, 5.74) is 7.30. The first-order valence-corrected chi connectivity index (χ1v) is 5.21. The number of esters is 1. The van der Waals surface area contributed by atoms with Crippen molar-refractivity contribution in [1.82, 2.24) is 0 Å². The van der Waals surface area contributed by atoms with Gasteiger partial charge in [0.1, 0.15) is 0 Å². The number of ether oxygens (including phenoxy) is 2. The van der Waals surface area contributed by atoms with Gasteiger partial charge < -0.3 is 15.2 Å². The van der Waals surface area contributed by atoms with Crippen LogP contribution < -0.4 is 5.73 Å². The maximum atomic E-state index is 11.4. The predicted octanol–water partition coefficient (Wildman–Crippen LogP) is 1.39. The van der Waals surface area contributed by atoms with Gasteiger partial charge in [0.05, 0.1) is 7.11 Å². The van der Waals surface area contributed by atoms with Crippen LogP contribution >= 0.6 is 0 Å². The minimum absolute atomic E-state index is 0.357. The molecule has 0 radical (unpaired) electrons. The van der Waals surface area contributed by atoms with Gasteiger partial charge in [0.2, 0.25) is 0 Å². The third-order valence-electron chi connectivity index (χ3n) is 2.20. The summed E-state index contributed by atoms with van der Waals surface area (Å²) in [5, 5.41) is 0. The summed E-state index contributed by atoms with van der Waals surface area (Å²) in [7, 11) is 1.35. The first kappa shape index (κ1) is 12.5. The molecule has 0 saturated carbocycles. The van der Waals surface area contributed by atoms with E-state index in [0.29, 0.717) is 18.7 Å². The van der Waals surface area contributed by atoms with Crippen molar-refractivity contribution in [2.45, 2.75) is 19.4 Å². The highest BCUT2D eigenvalue weighted by atomic mass is 16.6. The third-order valence-corrected chi connectivity index (χ3v) is 2.20. The molecule has 4 nitrogen and oxygen atoms in total. The summed E-state index contributed by atoms with van der Waals surface area (Å²) in [6.45, 7) is 2.32. The first-order chi connectivity index (χ1) is 7.67. The second-order valence-electron chi connectivity index (χ2n) is 3.42. The maximum absolute atomic E-state index is 11.4. The number of carbonyl (C=O) groups excluding carboxylic acids is 1. The van der Waals surface area contributed by atoms with E-state index in [0.717, 1.165) is 5.56 Å². The molecule has 0 saturated heterocycles. The van der Waals surface area contributed by atoms with Crippen molar-refractivity contribution in [2.24, 2.45) is 0 Å². The Labute approximate surface area is 95.3 Å². The van der Waals surface area contributed by atoms with Crippen molar-refractivity contribution in [1.29, 1.82) is 0 Å². The second-order valence-corrected chi connectivity index (χ2v) is 3.42. The molecule has 0 aliphatic carbocycles. The van der Waals surface area contributed by atoms with Crippen LogP contribution in [0.5, 0.6) is 0 Å². The number of nitrogen functional groups attached to an aromatic ring is 1. The topological polar surface area (TPSA) is 61.5 Å². The van der Waals surface area contributed by atoms with Gasteiger partial charge in [-0.2, -0.15) is 0 Å². The highest BCUT2D eigenvalue weighted by Crippen LogP contribution is 2.11. The van der Waals surface area contributed by atoms with E-state index in [4.69, 9.17) is 10.5 Å². The van der Waals surface area contributed by atoms with E-state index in [2.05, 4.69) is 4.74 Å². The molecule has 4 heteroatoms. The zero-order valence-corrected chi connectivity index (χ0v) is 9.60. The molecular formula is C12H17NO3. The van der Waals surface area contributed by atoms with Crippen molar-refractivity contribution in [3.63, 3.8) is 0 Å². The Morgan fingerprint density at radius 1 is 1.50 bits per heavy atom. The van der Waals surface area contributed by atoms with Crippen LogP contribution in [0, 0.1) is 0 Å². The number of rotatable bonds is 5. The van der Waals surface area contributed by atoms with Crippen LogP contribution in [0.1, 0.15) is 12.5 Å². The number of anilines is 1. The maximum Gasteiger partial charge on any atom is 0.335 e. The van der Waals surface area contributed by atoms with Crippen LogP contribution in [0.25, 0.3) is 0 Å². The predicted molar refractivity (Wildman–Crippen MR) is 62.0 cm³/mol. The van der Waals surface area contributed by atoms with Crippen molar-refractivity contribution in [2.75, 3.05) is 19.5 Å². The van der Waals surface area contributed by atoms with Gasteiger partial charge in [0, 0.05) is 18.7 Å². The molecule has 1 atom stereocenters. The van der Waals surface area contributed by atoms with Gasteiger partial charge in [-0.15, -0.1) is 0 Å². The molecule has 88 valence electrons. The average Bonchev–Trinajstić information content (AvgIpc) is 2.27. The minimum atomic E-state index is -0.559. The van der Waals surface area contributed by atoms with Crippen molar-refractivity contribution >= 4 is 11.7 Å². The van der Waals surface area contributed by atoms with Gasteiger partial charge >= 0.3 is 5.97 Å². The monoisotopic (exact) mass is 223 g/mol. The van der Waals surface area contributed by atoms with Crippen LogP contribution in [0.4, 0.5) is 5.69 Å². The summed E-state index contributed by atoms with van der Waals surface area (Å²) in [6.07, 6.45) is -0.0808. The fourth-order valence-corrected chi connectivity index (χ4v) is 1.48. The van der Waals surface area contributed by atoms with Crippen molar-refractivity contribution < 1.29 is 14.3 Å². The Kier molecular flexibility index (Phi) is 4.79. The zero-order valence-electron chi connectivity index (χ0n) is 9.60. The Morgan fingerprint density at radius 2 is 2.25 bits per heavy atom. The zero-order chi connectivity index (χ0) is 12.0. The lowest BCUT2D eigenvalue weighted by Gasteiger charge is -2.14. The van der Waals surface area contributed by atoms with E-state index < -0.39 is 6.10 Å². The van der Waals surface area contributed by atoms with Crippen LogP contribution in [-0.4, -0.2) is 25.8 Å². The molecule has 1 rings (SSSR count). The number of nitrogens with two attached hydrogens (primary N) is 1. The minimum Gasteiger partial charge on any atom is -0.467 e. The van der Waals surface area contributed by atoms with Gasteiger partial charge in [-0.05, 0) is 24.6 Å². The Morgan fingerprint density at radius 3 is 2.81 bits per heavy atom. The van der Waals surface area contributed by atoms with Gasteiger partial charge in [-0.3, -0.25) is 0 Å². The molecule has 0 aromatic heterocycles. The van der Waals surface area contributed by atoms with Crippen LogP contribution in [0.15, 0.2) is 24.3 Å². The van der Waals surface area contributed by atoms with E-state index in [-0.39, 0.29) is 5.97 Å². The summed E-state index contributed by atoms with van der Waals surface area (Å²) < 4.78 is 10.00. The molecule has 1 aromatic carbocycles. The lowest BCUT2D eigenvalue weighted by molar-refractivity contribution is -0.153. The fourth-order valence-electron chi connectivity index (χ4n) is 1.48. The van der Waals surface area contributed by atoms with Gasteiger partial charge in [0.15, 0.2) is 6.10 Å². The smallest absolute Gasteiger partial charge is 0.335 e. The molecule has 0 spiro atoms. The summed E-state index contributed by atoms with van der Waals surface area (Å²) in [4.78, 5) is 11.4. The fraction of sp³-hybridized carbons (Fsp3) is 0.417. The number of carbonyl (C=O) groups is 1. The molecule has 0 amide bonds. The molecule has 0 aliphatic heterocycles. The highest BCUT2D eigenvalue weighted by Gasteiger charge is 2.19. The van der Waals surface area contributed by atoms with Gasteiger partial charge in [-0.25, -0.2) is 4.79 Å². The SMILES string of the molecule is CCOC(Cc1cccc(N)c1)C(=O)OC. The number of benzene rings is 1. The molecular weight excluding hydrogens is 206 g/mol. The van der Waals surface area contributed by atoms with Crippen molar-refractivity contribution in [3.05, 3.63) is 29.8 Å². The van der Waals surface area contributed by atoms with E-state index in [1.807, 2.05) is 25.1 Å². The number of hydrogen-bond donors (Lipinski definition) is 1. The quantitative estimate of drug-likeness (QED) is 0.605. The van der Waals surface area contributed by atoms with Gasteiger partial charge in [-0.1, -0.05) is 12.1 Å². The van der Waals surface area contributed by atoms with Crippen LogP contribution in [-0.2, 0) is 20.7 Å². The largest absolute Gasteiger partial charge is 0.467 e. The molecule has 0 bridgehead atoms. The molecule has 2 N–H and O–H groups in total. The average molecular weight is 223 g/mol. The molecule has 0 aliphatic rings. The number of methoxy groups -OCH3 is 1. The second kappa shape index (κ2) is 6.12. The summed E-state index contributed by atoms with van der Waals surface area (Å²) in [6, 6.07) is 7.39. The normalized spacial score (nSPS) is 12.1. The summed E-state index contributed by atoms with van der Waals surface area (Å²) in [5.74, 6) is -0.357. The first-order valence-electron chi connectivity index (χ1n) is 5.21. The van der Waals surface area contributed by atoms with E-state index in [1.54, 1.807) is 6.07 Å². The Bertz CT molecular complexity index is 352. The standard InChI is InChI=1S/C12H17NO3/c1-3-16-11(12(14)15-2)8-9-5-4-6-10(13)7-9/h4-7,11H,3,8,13H2,1-2H3. The molecule has 0 heterocycles. The van der Waals surface area contributed by atoms with Crippen LogP contribution in [0.2, 0.25) is 0 Å². The third kappa shape index (κ3) is 3.55. The highest BCUT2D eigenvalue weighted by molar-refractivity contribution is 5.75. The van der Waals surface area contributed by atoms with Crippen LogP contribution in [0.3, 0.4) is 0 Å². The van der Waals surface area contributed by atoms with E-state index in [1.165, 1.54) is 7.11 Å². The molecule has 1 aromatic rings. The number of hydrogen-bond acceptors (Lipinski definition) is 4. The Hall–Kier alpha value is -1.55. The summed E-state index contributed by atoms with van der Waals surface area (Å²) >= 11 is 0. The molecule has 0 fully saturated rings. The molecule has 16 heavy (non-hydrogen) atoms. The molecule has 1 unspecified atom stereocenters. The van der Waals surface area contributed by atoms with E-state index >= 15 is 0 Å². The van der Waals surface area contributed by atoms with E-state index in [9.17, 15) is 4.79 Å².